The summed E-state index contributed by atoms with van der Waals surface area (Å²) in [6.07, 6.45) is 0. The van der Waals surface area contributed by atoms with Gasteiger partial charge in [-0.1, -0.05) is 13.8 Å². The van der Waals surface area contributed by atoms with E-state index in [-0.39, 0.29) is 0 Å². The smallest absolute Gasteiger partial charge is 0.226 e. The van der Waals surface area contributed by atoms with E-state index in [1.54, 1.807) is 0 Å². The summed E-state index contributed by atoms with van der Waals surface area (Å²) < 4.78 is 0. The van der Waals surface area contributed by atoms with Crippen molar-refractivity contribution < 1.29 is 0 Å². The molecule has 0 bridgehead atoms. The van der Waals surface area contributed by atoms with Crippen LogP contribution in [0.25, 0.3) is 0 Å². The van der Waals surface area contributed by atoms with Crippen LogP contribution in [-0.2, 0) is 0 Å². The van der Waals surface area contributed by atoms with E-state index in [9.17, 15) is 0 Å². The predicted molar refractivity (Wildman–Crippen MR) is 26.1 cm³/mol. The topological polar surface area (TPSA) is 0 Å². The standard InChI is InChI=1S/C2H6.Al.H2S/c1-2;;/h1-2H3;;1H2/q;+1;/p-1. The molecule has 0 unspecified atom stereocenters. The third kappa shape index (κ3) is 13.1. The highest BCUT2D eigenvalue weighted by molar-refractivity contribution is 8.03. The summed E-state index contributed by atoms with van der Waals surface area (Å²) >= 11 is 2.11. The second kappa shape index (κ2) is 41.4. The molecule has 0 aliphatic carbocycles. The monoisotopic (exact) mass is 90.0 g/mol. The first-order chi connectivity index (χ1) is 2.00. The van der Waals surface area contributed by atoms with Gasteiger partial charge in [-0.3, -0.25) is 0 Å². The fourth-order valence-electron chi connectivity index (χ4n) is 0. The van der Waals surface area contributed by atoms with Gasteiger partial charge in [-0.05, 0) is 0 Å². The molecular formula is C2H7AlS. The Labute approximate surface area is 40.5 Å². The Morgan fingerprint density at radius 1 is 1.25 bits per heavy atom. The molecule has 2 heteroatoms. The molecule has 4 heavy (non-hydrogen) atoms. The minimum atomic E-state index is 2.00. The first-order valence-corrected chi connectivity index (χ1v) is 3.32. The van der Waals surface area contributed by atoms with Crippen LogP contribution in [-0.4, -0.2) is 15.2 Å². The Kier molecular flexibility index (Phi) is 91.7. The first-order valence-electron chi connectivity index (χ1n) is 1.26. The van der Waals surface area contributed by atoms with Gasteiger partial charge in [-0.2, -0.15) is 0 Å². The number of hydrogen-bond acceptors (Lipinski definition) is 1. The average molecular weight is 90.1 g/mol. The van der Waals surface area contributed by atoms with Gasteiger partial charge in [0, 0.05) is 0 Å². The van der Waals surface area contributed by atoms with Gasteiger partial charge >= 0.3 is 0 Å². The molecule has 0 aromatic carbocycles. The van der Waals surface area contributed by atoms with Crippen LogP contribution in [0.2, 0.25) is 0 Å². The van der Waals surface area contributed by atoms with E-state index in [1.807, 2.05) is 13.8 Å². The highest BCUT2D eigenvalue weighted by atomic mass is 32.3. The van der Waals surface area contributed by atoms with Crippen LogP contribution in [0, 0.1) is 0 Å². The van der Waals surface area contributed by atoms with E-state index in [4.69, 9.17) is 0 Å². The molecule has 0 spiro atoms. The summed E-state index contributed by atoms with van der Waals surface area (Å²) in [6, 6.07) is 0. The van der Waals surface area contributed by atoms with E-state index in [2.05, 4.69) is 26.2 Å². The predicted octanol–water partition coefficient (Wildman–Crippen LogP) is 1.03. The normalized spacial score (nSPS) is 2.75. The van der Waals surface area contributed by atoms with Gasteiger partial charge in [0.25, 0.3) is 0 Å². The van der Waals surface area contributed by atoms with Crippen molar-refractivity contribution in [2.45, 2.75) is 13.8 Å². The largest absolute Gasteiger partial charge is 0.302 e. The summed E-state index contributed by atoms with van der Waals surface area (Å²) in [7, 11) is 3.44. The number of thiol groups is 1. The molecule has 0 saturated carbocycles. The maximum atomic E-state index is 3.44. The van der Waals surface area contributed by atoms with Gasteiger partial charge < -0.3 is 11.0 Å². The Balaban J connectivity index is 0. The van der Waals surface area contributed by atoms with E-state index in [1.165, 1.54) is 0 Å². The maximum Gasteiger partial charge on any atom is 0.226 e. The molecule has 0 aromatic heterocycles. The summed E-state index contributed by atoms with van der Waals surface area (Å²) in [5, 5.41) is 0. The van der Waals surface area contributed by atoms with Crippen LogP contribution < -0.4 is 0 Å². The zero-order valence-corrected chi connectivity index (χ0v) is 5.07. The Bertz CT molecular complexity index is 6.00. The first kappa shape index (κ1) is 8.86. The molecule has 0 saturated heterocycles. The van der Waals surface area contributed by atoms with Crippen molar-refractivity contribution in [1.82, 2.24) is 0 Å². The van der Waals surface area contributed by atoms with Crippen molar-refractivity contribution in [3.8, 4) is 0 Å². The molecule has 0 atom stereocenters. The SMILES string of the molecule is CC.[Al][SH]. The summed E-state index contributed by atoms with van der Waals surface area (Å²) in [6.45, 7) is 4.00. The van der Waals surface area contributed by atoms with E-state index >= 15 is 0 Å². The van der Waals surface area contributed by atoms with E-state index in [0.717, 1.165) is 0 Å². The minimum absolute atomic E-state index is 2.00. The Morgan fingerprint density at radius 3 is 1.25 bits per heavy atom. The van der Waals surface area contributed by atoms with Crippen LogP contribution in [0.4, 0.5) is 0 Å². The Hall–Kier alpha value is 0.882. The molecule has 0 amide bonds. The molecule has 0 aliphatic heterocycles. The fraction of sp³-hybridized carbons (Fsp3) is 1.00. The second-order valence-electron chi connectivity index (χ2n) is 0. The zero-order valence-electron chi connectivity index (χ0n) is 3.02. The van der Waals surface area contributed by atoms with Crippen LogP contribution >= 0.6 is 11.0 Å². The molecule has 0 fully saturated rings. The van der Waals surface area contributed by atoms with Crippen molar-refractivity contribution in [1.29, 1.82) is 0 Å². The highest BCUT2D eigenvalue weighted by Crippen LogP contribution is 1.26. The fourth-order valence-corrected chi connectivity index (χ4v) is 0. The van der Waals surface area contributed by atoms with Crippen molar-refractivity contribution in [3.05, 3.63) is 0 Å². The summed E-state index contributed by atoms with van der Waals surface area (Å²) in [5.41, 5.74) is 0. The lowest BCUT2D eigenvalue weighted by Crippen LogP contribution is -0.991. The zero-order chi connectivity index (χ0) is 4.00. The molecule has 0 heterocycles. The van der Waals surface area contributed by atoms with Gasteiger partial charge in [-0.25, -0.2) is 0 Å². The molecule has 0 aliphatic rings. The molecule has 0 rings (SSSR count). The van der Waals surface area contributed by atoms with Gasteiger partial charge in [0.2, 0.25) is 15.2 Å². The van der Waals surface area contributed by atoms with Gasteiger partial charge in [0.05, 0.1) is 0 Å². The lowest BCUT2D eigenvalue weighted by molar-refractivity contribution is 1.50. The molecule has 0 N–H and O–H groups in total. The molecular weight excluding hydrogens is 83.1 g/mol. The molecule has 0 nitrogen and oxygen atoms in total. The number of hydrogen-bond donors (Lipinski definition) is 1. The van der Waals surface area contributed by atoms with Crippen LogP contribution in [0.3, 0.4) is 0 Å². The second-order valence-corrected chi connectivity index (χ2v) is 0. The quantitative estimate of drug-likeness (QED) is 0.333. The van der Waals surface area contributed by atoms with Gasteiger partial charge in [0.15, 0.2) is 0 Å². The summed E-state index contributed by atoms with van der Waals surface area (Å²) in [4.78, 5) is 0. The average Bonchev–Trinajstić information content (AvgIpc) is 1.50. The molecule has 0 aromatic rings. The Morgan fingerprint density at radius 2 is 1.25 bits per heavy atom. The third-order valence-corrected chi connectivity index (χ3v) is 0. The van der Waals surface area contributed by atoms with Crippen molar-refractivity contribution in [3.63, 3.8) is 0 Å². The molecule has 24 valence electrons. The highest BCUT2D eigenvalue weighted by Gasteiger charge is 0.996. The van der Waals surface area contributed by atoms with Gasteiger partial charge in [0.1, 0.15) is 0 Å². The lowest BCUT2D eigenvalue weighted by atomic mass is 11.0. The third-order valence-electron chi connectivity index (χ3n) is 0. The minimum Gasteiger partial charge on any atom is -0.302 e. The number of rotatable bonds is 0. The lowest BCUT2D eigenvalue weighted by Gasteiger charge is -1.07. The van der Waals surface area contributed by atoms with Gasteiger partial charge in [-0.15, -0.1) is 0 Å². The van der Waals surface area contributed by atoms with Crippen molar-refractivity contribution >= 4 is 26.2 Å². The van der Waals surface area contributed by atoms with E-state index < -0.39 is 0 Å². The molecule has 2 radical (unpaired) electrons. The van der Waals surface area contributed by atoms with Crippen LogP contribution in [0.15, 0.2) is 0 Å². The van der Waals surface area contributed by atoms with E-state index in [0.29, 0.717) is 0 Å². The summed E-state index contributed by atoms with van der Waals surface area (Å²) in [5.74, 6) is 0. The van der Waals surface area contributed by atoms with Crippen molar-refractivity contribution in [2.75, 3.05) is 0 Å². The maximum absolute atomic E-state index is 3.44. The van der Waals surface area contributed by atoms with Crippen LogP contribution in [0.5, 0.6) is 0 Å². The van der Waals surface area contributed by atoms with Crippen LogP contribution in [0.1, 0.15) is 13.8 Å². The van der Waals surface area contributed by atoms with Crippen molar-refractivity contribution in [2.24, 2.45) is 0 Å².